The lowest BCUT2D eigenvalue weighted by Crippen LogP contribution is -2.43. The van der Waals surface area contributed by atoms with Crippen molar-refractivity contribution in [2.24, 2.45) is 0 Å². The lowest BCUT2D eigenvalue weighted by atomic mass is 10.1. The predicted octanol–water partition coefficient (Wildman–Crippen LogP) is 4.20. The number of aromatic nitrogens is 1. The molecule has 2 rings (SSSR count). The average molecular weight is 374 g/mol. The number of thiazole rings is 1. The summed E-state index contributed by atoms with van der Waals surface area (Å²) in [7, 11) is 0. The Morgan fingerprint density at radius 1 is 1.19 bits per heavy atom. The molecule has 1 aromatic carbocycles. The first-order valence-corrected chi connectivity index (χ1v) is 9.81. The lowest BCUT2D eigenvalue weighted by molar-refractivity contribution is -0.117. The van der Waals surface area contributed by atoms with E-state index in [0.29, 0.717) is 10.7 Å². The van der Waals surface area contributed by atoms with Gasteiger partial charge in [0.1, 0.15) is 6.54 Å². The van der Waals surface area contributed by atoms with Crippen molar-refractivity contribution in [2.45, 2.75) is 53.5 Å². The summed E-state index contributed by atoms with van der Waals surface area (Å²) in [5.74, 6) is -0.346. The first-order chi connectivity index (χ1) is 12.3. The lowest BCUT2D eigenvalue weighted by Gasteiger charge is -2.28. The molecule has 2 amide bonds. The van der Waals surface area contributed by atoms with Crippen molar-refractivity contribution in [1.29, 1.82) is 0 Å². The van der Waals surface area contributed by atoms with E-state index in [2.05, 4.69) is 17.2 Å². The summed E-state index contributed by atoms with van der Waals surface area (Å²) in [5.41, 5.74) is 2.70. The van der Waals surface area contributed by atoms with E-state index in [1.54, 1.807) is 4.90 Å². The Morgan fingerprint density at radius 2 is 1.85 bits per heavy atom. The maximum atomic E-state index is 12.9. The van der Waals surface area contributed by atoms with E-state index in [1.165, 1.54) is 16.9 Å². The molecule has 0 bridgehead atoms. The highest BCUT2D eigenvalue weighted by atomic mass is 32.1. The quantitative estimate of drug-likeness (QED) is 0.791. The first-order valence-electron chi connectivity index (χ1n) is 8.99. The zero-order valence-corrected chi connectivity index (χ0v) is 16.9. The number of nitrogens with zero attached hydrogens (tertiary/aromatic N) is 2. The van der Waals surface area contributed by atoms with Gasteiger partial charge in [0.2, 0.25) is 5.91 Å². The van der Waals surface area contributed by atoms with Crippen LogP contribution < -0.4 is 5.32 Å². The summed E-state index contributed by atoms with van der Waals surface area (Å²) in [6, 6.07) is 7.56. The topological polar surface area (TPSA) is 62.3 Å². The molecule has 6 heteroatoms. The minimum absolute atomic E-state index is 0.0149. The van der Waals surface area contributed by atoms with Crippen molar-refractivity contribution in [3.8, 4) is 0 Å². The Morgan fingerprint density at radius 3 is 2.35 bits per heavy atom. The average Bonchev–Trinajstić information content (AvgIpc) is 2.95. The number of carbonyl (C=O) groups is 2. The highest BCUT2D eigenvalue weighted by molar-refractivity contribution is 7.15. The van der Waals surface area contributed by atoms with Crippen LogP contribution in [0.1, 0.15) is 53.7 Å². The number of anilines is 1. The second kappa shape index (κ2) is 8.94. The first kappa shape index (κ1) is 20.1. The zero-order valence-electron chi connectivity index (χ0n) is 16.1. The Balaban J connectivity index is 2.12. The highest BCUT2D eigenvalue weighted by Gasteiger charge is 2.23. The molecule has 0 radical (unpaired) electrons. The van der Waals surface area contributed by atoms with Gasteiger partial charge in [-0.25, -0.2) is 4.98 Å². The Bertz CT molecular complexity index is 748. The fourth-order valence-electron chi connectivity index (χ4n) is 2.54. The van der Waals surface area contributed by atoms with Gasteiger partial charge in [-0.2, -0.15) is 0 Å². The van der Waals surface area contributed by atoms with Crippen molar-refractivity contribution in [2.75, 3.05) is 11.9 Å². The summed E-state index contributed by atoms with van der Waals surface area (Å²) in [5, 5.41) is 3.39. The smallest absolute Gasteiger partial charge is 0.254 e. The molecule has 1 atom stereocenters. The van der Waals surface area contributed by atoms with Crippen molar-refractivity contribution in [1.82, 2.24) is 9.88 Å². The molecule has 0 aliphatic carbocycles. The molecule has 140 valence electrons. The van der Waals surface area contributed by atoms with Crippen LogP contribution >= 0.6 is 11.3 Å². The molecule has 5 nitrogen and oxygen atoms in total. The zero-order chi connectivity index (χ0) is 19.3. The van der Waals surface area contributed by atoms with Gasteiger partial charge in [0.25, 0.3) is 5.91 Å². The van der Waals surface area contributed by atoms with Crippen LogP contribution in [-0.2, 0) is 11.2 Å². The van der Waals surface area contributed by atoms with E-state index in [0.717, 1.165) is 23.4 Å². The van der Waals surface area contributed by atoms with Crippen LogP contribution in [0.25, 0.3) is 0 Å². The normalized spacial score (nSPS) is 11.9. The molecule has 0 aliphatic heterocycles. The number of aryl methyl sites for hydroxylation is 3. The van der Waals surface area contributed by atoms with Crippen molar-refractivity contribution in [3.05, 3.63) is 46.0 Å². The Hall–Kier alpha value is -2.21. The van der Waals surface area contributed by atoms with Crippen LogP contribution in [0.15, 0.2) is 24.3 Å². The number of rotatable bonds is 7. The van der Waals surface area contributed by atoms with E-state index >= 15 is 0 Å². The Labute approximate surface area is 159 Å². The fourth-order valence-corrected chi connectivity index (χ4v) is 3.37. The molecule has 26 heavy (non-hydrogen) atoms. The summed E-state index contributed by atoms with van der Waals surface area (Å²) in [4.78, 5) is 32.4. The monoisotopic (exact) mass is 373 g/mol. The molecule has 0 saturated carbocycles. The van der Waals surface area contributed by atoms with Crippen LogP contribution in [-0.4, -0.2) is 34.3 Å². The second-order valence-electron chi connectivity index (χ2n) is 6.45. The van der Waals surface area contributed by atoms with Crippen LogP contribution in [0.4, 0.5) is 5.13 Å². The SMILES string of the molecule is CCc1ccc(C(=O)N(CC(=O)Nc2nc(C)c(C)s2)[C@H](C)CC)cc1. The third-order valence-corrected chi connectivity index (χ3v) is 5.57. The Kier molecular flexibility index (Phi) is 6.91. The van der Waals surface area contributed by atoms with Gasteiger partial charge in [-0.1, -0.05) is 26.0 Å². The van der Waals surface area contributed by atoms with Gasteiger partial charge < -0.3 is 10.2 Å². The maximum Gasteiger partial charge on any atom is 0.254 e. The predicted molar refractivity (Wildman–Crippen MR) is 107 cm³/mol. The van der Waals surface area contributed by atoms with Crippen molar-refractivity contribution in [3.63, 3.8) is 0 Å². The van der Waals surface area contributed by atoms with E-state index in [9.17, 15) is 9.59 Å². The standard InChI is InChI=1S/C20H27N3O2S/c1-6-13(3)23(19(25)17-10-8-16(7-2)9-11-17)12-18(24)22-20-21-14(4)15(5)26-20/h8-11,13H,6-7,12H2,1-5H3,(H,21,22,24)/t13-/m1/s1. The summed E-state index contributed by atoms with van der Waals surface area (Å²) in [6.07, 6.45) is 1.71. The van der Waals surface area contributed by atoms with E-state index in [4.69, 9.17) is 0 Å². The van der Waals surface area contributed by atoms with E-state index < -0.39 is 0 Å². The van der Waals surface area contributed by atoms with Crippen LogP contribution in [0, 0.1) is 13.8 Å². The molecular weight excluding hydrogens is 346 g/mol. The molecule has 0 unspecified atom stereocenters. The molecule has 0 aliphatic rings. The summed E-state index contributed by atoms with van der Waals surface area (Å²) in [6.45, 7) is 9.95. The molecule has 1 aromatic heterocycles. The molecule has 1 N–H and O–H groups in total. The third kappa shape index (κ3) is 4.91. The molecule has 0 spiro atoms. The van der Waals surface area contributed by atoms with Gasteiger partial charge in [-0.3, -0.25) is 9.59 Å². The fraction of sp³-hybridized carbons (Fsp3) is 0.450. The van der Waals surface area contributed by atoms with Crippen LogP contribution in [0.3, 0.4) is 0 Å². The van der Waals surface area contributed by atoms with Gasteiger partial charge >= 0.3 is 0 Å². The van der Waals surface area contributed by atoms with Crippen molar-refractivity contribution >= 4 is 28.3 Å². The molecule has 0 saturated heterocycles. The largest absolute Gasteiger partial charge is 0.327 e. The van der Waals surface area contributed by atoms with E-state index in [-0.39, 0.29) is 24.4 Å². The minimum Gasteiger partial charge on any atom is -0.327 e. The molecular formula is C20H27N3O2S. The van der Waals surface area contributed by atoms with Gasteiger partial charge in [-0.15, -0.1) is 11.3 Å². The molecule has 0 fully saturated rings. The van der Waals surface area contributed by atoms with Gasteiger partial charge in [0.05, 0.1) is 5.69 Å². The number of carbonyl (C=O) groups excluding carboxylic acids is 2. The van der Waals surface area contributed by atoms with Crippen molar-refractivity contribution < 1.29 is 9.59 Å². The van der Waals surface area contributed by atoms with Gasteiger partial charge in [0, 0.05) is 16.5 Å². The minimum atomic E-state index is -0.224. The van der Waals surface area contributed by atoms with Gasteiger partial charge in [0.15, 0.2) is 5.13 Å². The second-order valence-corrected chi connectivity index (χ2v) is 7.65. The third-order valence-electron chi connectivity index (χ3n) is 4.58. The number of hydrogen-bond donors (Lipinski definition) is 1. The number of nitrogens with one attached hydrogen (secondary N) is 1. The summed E-state index contributed by atoms with van der Waals surface area (Å²) < 4.78 is 0. The molecule has 2 aromatic rings. The number of amides is 2. The number of benzene rings is 1. The van der Waals surface area contributed by atoms with Crippen LogP contribution in [0.5, 0.6) is 0 Å². The number of hydrogen-bond acceptors (Lipinski definition) is 4. The van der Waals surface area contributed by atoms with E-state index in [1.807, 2.05) is 52.0 Å². The maximum absolute atomic E-state index is 12.9. The van der Waals surface area contributed by atoms with Gasteiger partial charge in [-0.05, 0) is 51.3 Å². The van der Waals surface area contributed by atoms with Crippen LogP contribution in [0.2, 0.25) is 0 Å². The summed E-state index contributed by atoms with van der Waals surface area (Å²) >= 11 is 1.45. The molecule has 1 heterocycles. The highest BCUT2D eigenvalue weighted by Crippen LogP contribution is 2.21.